The SMILES string of the molecule is CS(=O)(=O)N(C1CCC1)[C@@H]1CCCN(c2ncc(F)cn2)CC1. The number of hydrogen-bond donors (Lipinski definition) is 0. The van der Waals surface area contributed by atoms with Crippen molar-refractivity contribution in [2.24, 2.45) is 0 Å². The number of anilines is 1. The van der Waals surface area contributed by atoms with Crippen LogP contribution in [0.15, 0.2) is 12.4 Å². The van der Waals surface area contributed by atoms with E-state index in [4.69, 9.17) is 0 Å². The molecular formula is C15H23FN4O2S. The third kappa shape index (κ3) is 3.80. The van der Waals surface area contributed by atoms with E-state index in [0.29, 0.717) is 12.5 Å². The van der Waals surface area contributed by atoms with Gasteiger partial charge >= 0.3 is 0 Å². The lowest BCUT2D eigenvalue weighted by atomic mass is 9.91. The van der Waals surface area contributed by atoms with Gasteiger partial charge in [0.25, 0.3) is 0 Å². The maximum atomic E-state index is 13.0. The van der Waals surface area contributed by atoms with Crippen molar-refractivity contribution in [1.29, 1.82) is 0 Å². The molecule has 1 saturated carbocycles. The predicted molar refractivity (Wildman–Crippen MR) is 86.2 cm³/mol. The fraction of sp³-hybridized carbons (Fsp3) is 0.733. The normalized spacial score (nSPS) is 23.6. The van der Waals surface area contributed by atoms with Gasteiger partial charge in [0, 0.05) is 25.2 Å². The minimum Gasteiger partial charge on any atom is -0.341 e. The van der Waals surface area contributed by atoms with Gasteiger partial charge < -0.3 is 4.90 Å². The molecule has 128 valence electrons. The molecule has 2 fully saturated rings. The molecule has 0 spiro atoms. The Kier molecular flexibility index (Phi) is 4.82. The van der Waals surface area contributed by atoms with Crippen molar-refractivity contribution >= 4 is 16.0 Å². The zero-order valence-electron chi connectivity index (χ0n) is 13.4. The highest BCUT2D eigenvalue weighted by Crippen LogP contribution is 2.32. The Bertz CT molecular complexity index is 633. The average Bonchev–Trinajstić information content (AvgIpc) is 2.68. The van der Waals surface area contributed by atoms with Crippen LogP contribution >= 0.6 is 0 Å². The summed E-state index contributed by atoms with van der Waals surface area (Å²) in [5, 5.41) is 0. The molecule has 1 atom stereocenters. The van der Waals surface area contributed by atoms with Gasteiger partial charge in [0.1, 0.15) is 0 Å². The van der Waals surface area contributed by atoms with E-state index in [-0.39, 0.29) is 12.1 Å². The molecule has 6 nitrogen and oxygen atoms in total. The second-order valence-corrected chi connectivity index (χ2v) is 8.34. The van der Waals surface area contributed by atoms with E-state index in [2.05, 4.69) is 9.97 Å². The number of rotatable bonds is 4. The molecule has 1 aromatic rings. The molecule has 2 heterocycles. The molecule has 3 rings (SSSR count). The lowest BCUT2D eigenvalue weighted by Crippen LogP contribution is -2.49. The first kappa shape index (κ1) is 16.6. The molecule has 1 aliphatic heterocycles. The zero-order valence-corrected chi connectivity index (χ0v) is 14.2. The van der Waals surface area contributed by atoms with Crippen LogP contribution in [0.2, 0.25) is 0 Å². The van der Waals surface area contributed by atoms with Gasteiger partial charge in [-0.3, -0.25) is 0 Å². The lowest BCUT2D eigenvalue weighted by molar-refractivity contribution is 0.164. The molecular weight excluding hydrogens is 319 g/mol. The van der Waals surface area contributed by atoms with Crippen molar-refractivity contribution in [3.63, 3.8) is 0 Å². The summed E-state index contributed by atoms with van der Waals surface area (Å²) in [5.41, 5.74) is 0. The highest BCUT2D eigenvalue weighted by atomic mass is 32.2. The van der Waals surface area contributed by atoms with Gasteiger partial charge in [0.05, 0.1) is 18.6 Å². The van der Waals surface area contributed by atoms with E-state index in [1.165, 1.54) is 18.6 Å². The van der Waals surface area contributed by atoms with Crippen molar-refractivity contribution in [2.45, 2.75) is 50.6 Å². The van der Waals surface area contributed by atoms with Crippen LogP contribution in [0, 0.1) is 5.82 Å². The van der Waals surface area contributed by atoms with Crippen molar-refractivity contribution in [1.82, 2.24) is 14.3 Å². The highest BCUT2D eigenvalue weighted by molar-refractivity contribution is 7.88. The highest BCUT2D eigenvalue weighted by Gasteiger charge is 2.37. The van der Waals surface area contributed by atoms with Crippen molar-refractivity contribution in [3.05, 3.63) is 18.2 Å². The van der Waals surface area contributed by atoms with Crippen LogP contribution in [0.3, 0.4) is 0 Å². The molecule has 8 heteroatoms. The summed E-state index contributed by atoms with van der Waals surface area (Å²) in [4.78, 5) is 10.1. The first-order chi connectivity index (χ1) is 10.9. The fourth-order valence-corrected chi connectivity index (χ4v) is 4.99. The molecule has 0 N–H and O–H groups in total. The molecule has 2 aliphatic rings. The average molecular weight is 342 g/mol. The summed E-state index contributed by atoms with van der Waals surface area (Å²) in [6.45, 7) is 1.46. The topological polar surface area (TPSA) is 66.4 Å². The van der Waals surface area contributed by atoms with Gasteiger partial charge in [-0.1, -0.05) is 6.42 Å². The van der Waals surface area contributed by atoms with E-state index >= 15 is 0 Å². The van der Waals surface area contributed by atoms with Crippen LogP contribution in [0.25, 0.3) is 0 Å². The quantitative estimate of drug-likeness (QED) is 0.834. The van der Waals surface area contributed by atoms with Crippen LogP contribution in [-0.2, 0) is 10.0 Å². The minimum atomic E-state index is -3.19. The summed E-state index contributed by atoms with van der Waals surface area (Å²) < 4.78 is 39.1. The Hall–Kier alpha value is -1.28. The second kappa shape index (κ2) is 6.68. The van der Waals surface area contributed by atoms with Crippen molar-refractivity contribution in [3.8, 4) is 0 Å². The fourth-order valence-electron chi connectivity index (χ4n) is 3.48. The summed E-state index contributed by atoms with van der Waals surface area (Å²) in [7, 11) is -3.19. The van der Waals surface area contributed by atoms with E-state index in [1.807, 2.05) is 4.90 Å². The third-order valence-corrected chi connectivity index (χ3v) is 6.13. The smallest absolute Gasteiger partial charge is 0.225 e. The second-order valence-electron chi connectivity index (χ2n) is 6.45. The number of halogens is 1. The Labute approximate surface area is 136 Å². The van der Waals surface area contributed by atoms with Gasteiger partial charge in [0.2, 0.25) is 16.0 Å². The molecule has 1 aromatic heterocycles. The number of sulfonamides is 1. The van der Waals surface area contributed by atoms with Crippen LogP contribution in [0.1, 0.15) is 38.5 Å². The summed E-state index contributed by atoms with van der Waals surface area (Å²) in [5.74, 6) is 0.0660. The van der Waals surface area contributed by atoms with Gasteiger partial charge in [-0.15, -0.1) is 0 Å². The molecule has 23 heavy (non-hydrogen) atoms. The van der Waals surface area contributed by atoms with Crippen molar-refractivity contribution in [2.75, 3.05) is 24.2 Å². The first-order valence-corrected chi connectivity index (χ1v) is 10.0. The molecule has 0 unspecified atom stereocenters. The maximum Gasteiger partial charge on any atom is 0.225 e. The summed E-state index contributed by atoms with van der Waals surface area (Å²) in [6.07, 6.45) is 9.18. The van der Waals surface area contributed by atoms with Crippen LogP contribution in [0.4, 0.5) is 10.3 Å². The molecule has 0 bridgehead atoms. The van der Waals surface area contributed by atoms with E-state index < -0.39 is 15.8 Å². The van der Waals surface area contributed by atoms with Gasteiger partial charge in [-0.2, -0.15) is 4.31 Å². The Morgan fingerprint density at radius 3 is 2.26 bits per heavy atom. The molecule has 0 radical (unpaired) electrons. The largest absolute Gasteiger partial charge is 0.341 e. The van der Waals surface area contributed by atoms with E-state index in [1.54, 1.807) is 4.31 Å². The lowest BCUT2D eigenvalue weighted by Gasteiger charge is -2.40. The van der Waals surface area contributed by atoms with Crippen LogP contribution < -0.4 is 4.90 Å². The standard InChI is InChI=1S/C15H23FN4O2S/c1-23(21,22)20(13-4-2-5-13)14-6-3-8-19(9-7-14)15-17-10-12(16)11-18-15/h10-11,13-14H,2-9H2,1H3/t14-/m1/s1. The third-order valence-electron chi connectivity index (χ3n) is 4.76. The maximum absolute atomic E-state index is 13.0. The summed E-state index contributed by atoms with van der Waals surface area (Å²) >= 11 is 0. The monoisotopic (exact) mass is 342 g/mol. The van der Waals surface area contributed by atoms with E-state index in [0.717, 1.165) is 45.1 Å². The Balaban J connectivity index is 1.71. The Morgan fingerprint density at radius 2 is 1.70 bits per heavy atom. The summed E-state index contributed by atoms with van der Waals surface area (Å²) in [6, 6.07) is 0.212. The van der Waals surface area contributed by atoms with E-state index in [9.17, 15) is 12.8 Å². The van der Waals surface area contributed by atoms with Crippen LogP contribution in [-0.4, -0.2) is 54.1 Å². The first-order valence-electron chi connectivity index (χ1n) is 8.16. The van der Waals surface area contributed by atoms with Crippen LogP contribution in [0.5, 0.6) is 0 Å². The zero-order chi connectivity index (χ0) is 16.4. The molecule has 1 saturated heterocycles. The Morgan fingerprint density at radius 1 is 1.09 bits per heavy atom. The number of hydrogen-bond acceptors (Lipinski definition) is 5. The van der Waals surface area contributed by atoms with Gasteiger partial charge in [-0.05, 0) is 32.1 Å². The molecule has 0 amide bonds. The number of nitrogens with zero attached hydrogens (tertiary/aromatic N) is 4. The van der Waals surface area contributed by atoms with Gasteiger partial charge in [-0.25, -0.2) is 22.8 Å². The van der Waals surface area contributed by atoms with Crippen molar-refractivity contribution < 1.29 is 12.8 Å². The van der Waals surface area contributed by atoms with Gasteiger partial charge in [0.15, 0.2) is 5.82 Å². The predicted octanol–water partition coefficient (Wildman–Crippen LogP) is 1.79. The molecule has 1 aliphatic carbocycles. The number of aromatic nitrogens is 2. The minimum absolute atomic E-state index is 0.0424. The molecule has 0 aromatic carbocycles.